The maximum atomic E-state index is 11.6. The number of aromatic carboxylic acids is 1. The summed E-state index contributed by atoms with van der Waals surface area (Å²) < 4.78 is 0. The summed E-state index contributed by atoms with van der Waals surface area (Å²) in [5.74, 6) is -1.000. The second-order valence-electron chi connectivity index (χ2n) is 4.07. The molecule has 7 heteroatoms. The van der Waals surface area contributed by atoms with Crippen LogP contribution in [0.3, 0.4) is 0 Å². The number of urea groups is 1. The average Bonchev–Trinajstić information content (AvgIpc) is 2.83. The highest BCUT2D eigenvalue weighted by Crippen LogP contribution is 2.10. The van der Waals surface area contributed by atoms with Crippen molar-refractivity contribution in [2.24, 2.45) is 0 Å². The standard InChI is InChI=1S/C13H13N3O3S/c1-8-7-20-11(15-8)6-14-13(19)16-10-4-2-9(3-5-10)12(17)18/h2-5,7H,6H2,1H3,(H,17,18)(H2,14,16,19). The van der Waals surface area contributed by atoms with Crippen molar-refractivity contribution in [1.29, 1.82) is 0 Å². The van der Waals surface area contributed by atoms with Crippen molar-refractivity contribution in [3.05, 3.63) is 45.9 Å². The Hall–Kier alpha value is -2.41. The zero-order valence-corrected chi connectivity index (χ0v) is 11.5. The second kappa shape index (κ2) is 6.16. The molecule has 0 saturated heterocycles. The first kappa shape index (κ1) is 14.0. The van der Waals surface area contributed by atoms with Crippen molar-refractivity contribution in [3.8, 4) is 0 Å². The van der Waals surface area contributed by atoms with Crippen LogP contribution in [0.15, 0.2) is 29.6 Å². The number of hydrogen-bond acceptors (Lipinski definition) is 4. The smallest absolute Gasteiger partial charge is 0.335 e. The van der Waals surface area contributed by atoms with Crippen molar-refractivity contribution in [3.63, 3.8) is 0 Å². The van der Waals surface area contributed by atoms with E-state index < -0.39 is 5.97 Å². The average molecular weight is 291 g/mol. The largest absolute Gasteiger partial charge is 0.478 e. The number of aryl methyl sites for hydroxylation is 1. The number of carbonyl (C=O) groups excluding carboxylic acids is 1. The first-order valence-corrected chi connectivity index (χ1v) is 6.72. The minimum absolute atomic E-state index is 0.175. The Labute approximate surface area is 119 Å². The lowest BCUT2D eigenvalue weighted by Gasteiger charge is -2.06. The van der Waals surface area contributed by atoms with Crippen LogP contribution in [0.25, 0.3) is 0 Å². The lowest BCUT2D eigenvalue weighted by Crippen LogP contribution is -2.28. The molecule has 0 fully saturated rings. The molecule has 0 saturated carbocycles. The Morgan fingerprint density at radius 3 is 2.55 bits per heavy atom. The minimum atomic E-state index is -1.000. The Balaban J connectivity index is 1.86. The van der Waals surface area contributed by atoms with Gasteiger partial charge in [-0.1, -0.05) is 0 Å². The predicted molar refractivity (Wildman–Crippen MR) is 76.1 cm³/mol. The van der Waals surface area contributed by atoms with Crippen LogP contribution in [0.2, 0.25) is 0 Å². The van der Waals surface area contributed by atoms with E-state index in [1.807, 2.05) is 12.3 Å². The molecule has 0 bridgehead atoms. The van der Waals surface area contributed by atoms with Crippen LogP contribution in [-0.2, 0) is 6.54 Å². The third kappa shape index (κ3) is 3.79. The van der Waals surface area contributed by atoms with E-state index in [1.165, 1.54) is 35.6 Å². The van der Waals surface area contributed by atoms with Crippen molar-refractivity contribution in [2.75, 3.05) is 5.32 Å². The molecule has 0 atom stereocenters. The normalized spacial score (nSPS) is 10.1. The fraction of sp³-hybridized carbons (Fsp3) is 0.154. The van der Waals surface area contributed by atoms with Gasteiger partial charge < -0.3 is 15.7 Å². The highest BCUT2D eigenvalue weighted by Gasteiger charge is 2.05. The van der Waals surface area contributed by atoms with Gasteiger partial charge >= 0.3 is 12.0 Å². The first-order valence-electron chi connectivity index (χ1n) is 5.84. The minimum Gasteiger partial charge on any atom is -0.478 e. The molecule has 2 aromatic rings. The molecule has 104 valence electrons. The van der Waals surface area contributed by atoms with Gasteiger partial charge in [0.15, 0.2) is 0 Å². The van der Waals surface area contributed by atoms with Crippen LogP contribution in [-0.4, -0.2) is 22.1 Å². The number of amides is 2. The Bertz CT molecular complexity index is 622. The van der Waals surface area contributed by atoms with E-state index in [2.05, 4.69) is 15.6 Å². The third-order valence-corrected chi connectivity index (χ3v) is 3.42. The molecule has 0 radical (unpaired) electrons. The van der Waals surface area contributed by atoms with Crippen molar-refractivity contribution in [2.45, 2.75) is 13.5 Å². The highest BCUT2D eigenvalue weighted by atomic mass is 32.1. The van der Waals surface area contributed by atoms with Crippen LogP contribution in [0.5, 0.6) is 0 Å². The Kier molecular flexibility index (Phi) is 4.31. The number of rotatable bonds is 4. The molecule has 2 rings (SSSR count). The quantitative estimate of drug-likeness (QED) is 0.807. The number of carboxylic acids is 1. The van der Waals surface area contributed by atoms with Gasteiger partial charge in [0.2, 0.25) is 0 Å². The maximum Gasteiger partial charge on any atom is 0.335 e. The first-order chi connectivity index (χ1) is 9.54. The van der Waals surface area contributed by atoms with Gasteiger partial charge in [-0.25, -0.2) is 14.6 Å². The lowest BCUT2D eigenvalue weighted by molar-refractivity contribution is 0.0697. The van der Waals surface area contributed by atoms with Crippen LogP contribution in [0, 0.1) is 6.92 Å². The molecule has 3 N–H and O–H groups in total. The van der Waals surface area contributed by atoms with Gasteiger partial charge in [0.25, 0.3) is 0 Å². The molecule has 0 unspecified atom stereocenters. The van der Waals surface area contributed by atoms with Gasteiger partial charge in [0, 0.05) is 16.8 Å². The molecular weight excluding hydrogens is 278 g/mol. The molecule has 0 spiro atoms. The summed E-state index contributed by atoms with van der Waals surface area (Å²) in [6.07, 6.45) is 0. The van der Waals surface area contributed by atoms with Crippen LogP contribution in [0.4, 0.5) is 10.5 Å². The summed E-state index contributed by atoms with van der Waals surface area (Å²) in [6, 6.07) is 5.58. The molecule has 6 nitrogen and oxygen atoms in total. The zero-order valence-electron chi connectivity index (χ0n) is 10.7. The lowest BCUT2D eigenvalue weighted by atomic mass is 10.2. The van der Waals surface area contributed by atoms with Crippen LogP contribution < -0.4 is 10.6 Å². The van der Waals surface area contributed by atoms with E-state index in [4.69, 9.17) is 5.11 Å². The molecule has 0 aliphatic carbocycles. The van der Waals surface area contributed by atoms with Gasteiger partial charge in [-0.05, 0) is 31.2 Å². The monoisotopic (exact) mass is 291 g/mol. The van der Waals surface area contributed by atoms with Crippen molar-refractivity contribution in [1.82, 2.24) is 10.3 Å². The SMILES string of the molecule is Cc1csc(CNC(=O)Nc2ccc(C(=O)O)cc2)n1. The fourth-order valence-electron chi connectivity index (χ4n) is 1.51. The number of nitrogens with zero attached hydrogens (tertiary/aromatic N) is 1. The number of carboxylic acid groups (broad SMARTS) is 1. The molecule has 1 aromatic carbocycles. The number of benzene rings is 1. The molecular formula is C13H13N3O3S. The summed E-state index contributed by atoms with van der Waals surface area (Å²) in [5.41, 5.74) is 1.63. The fourth-order valence-corrected chi connectivity index (χ4v) is 2.22. The number of aromatic nitrogens is 1. The van der Waals surface area contributed by atoms with E-state index >= 15 is 0 Å². The number of hydrogen-bond donors (Lipinski definition) is 3. The van der Waals surface area contributed by atoms with E-state index in [-0.39, 0.29) is 11.6 Å². The predicted octanol–water partition coefficient (Wildman–Crippen LogP) is 2.47. The van der Waals surface area contributed by atoms with Gasteiger partial charge in [-0.2, -0.15) is 0 Å². The molecule has 1 aromatic heterocycles. The zero-order chi connectivity index (χ0) is 14.5. The van der Waals surface area contributed by atoms with Crippen molar-refractivity contribution >= 4 is 29.0 Å². The van der Waals surface area contributed by atoms with Crippen LogP contribution >= 0.6 is 11.3 Å². The third-order valence-electron chi connectivity index (χ3n) is 2.46. The maximum absolute atomic E-state index is 11.6. The Morgan fingerprint density at radius 1 is 1.30 bits per heavy atom. The summed E-state index contributed by atoms with van der Waals surface area (Å²) in [5, 5.41) is 16.8. The molecule has 0 aliphatic rings. The molecule has 0 aliphatic heterocycles. The molecule has 20 heavy (non-hydrogen) atoms. The number of nitrogens with one attached hydrogen (secondary N) is 2. The second-order valence-corrected chi connectivity index (χ2v) is 5.02. The molecule has 1 heterocycles. The summed E-state index contributed by atoms with van der Waals surface area (Å²) in [4.78, 5) is 26.6. The number of anilines is 1. The van der Waals surface area contributed by atoms with Crippen molar-refractivity contribution < 1.29 is 14.7 Å². The summed E-state index contributed by atoms with van der Waals surface area (Å²) >= 11 is 1.48. The highest BCUT2D eigenvalue weighted by molar-refractivity contribution is 7.09. The number of carbonyl (C=O) groups is 2. The Morgan fingerprint density at radius 2 is 2.00 bits per heavy atom. The van der Waals surface area contributed by atoms with E-state index in [0.717, 1.165) is 10.7 Å². The van der Waals surface area contributed by atoms with Gasteiger partial charge in [-0.3, -0.25) is 0 Å². The van der Waals surface area contributed by atoms with E-state index in [9.17, 15) is 9.59 Å². The van der Waals surface area contributed by atoms with Gasteiger partial charge in [0.1, 0.15) is 5.01 Å². The van der Waals surface area contributed by atoms with Crippen LogP contribution in [0.1, 0.15) is 21.1 Å². The van der Waals surface area contributed by atoms with Gasteiger partial charge in [0.05, 0.1) is 12.1 Å². The molecule has 2 amide bonds. The van der Waals surface area contributed by atoms with E-state index in [1.54, 1.807) is 0 Å². The van der Waals surface area contributed by atoms with E-state index in [0.29, 0.717) is 12.2 Å². The topological polar surface area (TPSA) is 91.3 Å². The number of thiazole rings is 1. The summed E-state index contributed by atoms with van der Waals surface area (Å²) in [6.45, 7) is 2.25. The van der Waals surface area contributed by atoms with Gasteiger partial charge in [-0.15, -0.1) is 11.3 Å². The summed E-state index contributed by atoms with van der Waals surface area (Å²) in [7, 11) is 0.